The summed E-state index contributed by atoms with van der Waals surface area (Å²) in [5, 5.41) is 2.68. The molecule has 4 saturated carbocycles. The van der Waals surface area contributed by atoms with Gasteiger partial charge in [0.05, 0.1) is 7.11 Å². The molecule has 32 heavy (non-hydrogen) atoms. The molecule has 0 saturated heterocycles. The zero-order valence-corrected chi connectivity index (χ0v) is 20.6. The Morgan fingerprint density at radius 2 is 1.81 bits per heavy atom. The standard InChI is InChI=1S/C27H43NO4/c1-17(5-10-24(30)28-16-25(31)32-4)21-8-9-22-20-7-6-18-15-19(29)11-13-26(18,2)23(20)12-14-27(21,22)3/h17-18,20-23H,5-16H2,1-4H3,(H,28,30)/t17-,18-,20+,21-,22+,23+,26+,27-/m1/s1. The van der Waals surface area contributed by atoms with Crippen LogP contribution in [0.15, 0.2) is 0 Å². The topological polar surface area (TPSA) is 72.5 Å². The molecule has 0 aliphatic heterocycles. The molecule has 4 aliphatic carbocycles. The maximum absolute atomic E-state index is 12.2. The van der Waals surface area contributed by atoms with Crippen molar-refractivity contribution in [1.82, 2.24) is 5.32 Å². The van der Waals surface area contributed by atoms with E-state index in [0.29, 0.717) is 40.8 Å². The monoisotopic (exact) mass is 445 g/mol. The van der Waals surface area contributed by atoms with Gasteiger partial charge in [-0.15, -0.1) is 0 Å². The molecule has 0 aromatic rings. The van der Waals surface area contributed by atoms with Crippen LogP contribution in [0, 0.1) is 46.3 Å². The van der Waals surface area contributed by atoms with E-state index in [2.05, 4.69) is 30.8 Å². The maximum Gasteiger partial charge on any atom is 0.325 e. The molecule has 0 heterocycles. The molecule has 1 amide bonds. The van der Waals surface area contributed by atoms with Crippen LogP contribution in [0.2, 0.25) is 0 Å². The zero-order chi connectivity index (χ0) is 23.1. The highest BCUT2D eigenvalue weighted by atomic mass is 16.5. The number of hydrogen-bond donors (Lipinski definition) is 1. The molecule has 4 rings (SSSR count). The molecular formula is C27H43NO4. The van der Waals surface area contributed by atoms with Crippen molar-refractivity contribution in [2.24, 2.45) is 46.3 Å². The van der Waals surface area contributed by atoms with Gasteiger partial charge in [-0.3, -0.25) is 14.4 Å². The highest BCUT2D eigenvalue weighted by Gasteiger charge is 2.60. The number of Topliss-reactive ketones (excluding diaryl/α,β-unsaturated/α-hetero) is 1. The van der Waals surface area contributed by atoms with Crippen LogP contribution >= 0.6 is 0 Å². The van der Waals surface area contributed by atoms with Crippen LogP contribution in [0.4, 0.5) is 0 Å². The van der Waals surface area contributed by atoms with Gasteiger partial charge < -0.3 is 10.1 Å². The molecule has 4 fully saturated rings. The third-order valence-electron chi connectivity index (χ3n) is 10.7. The summed E-state index contributed by atoms with van der Waals surface area (Å²) in [5.74, 6) is 4.28. The fraction of sp³-hybridized carbons (Fsp3) is 0.889. The number of carbonyl (C=O) groups excluding carboxylic acids is 3. The zero-order valence-electron chi connectivity index (χ0n) is 20.6. The van der Waals surface area contributed by atoms with Gasteiger partial charge in [-0.1, -0.05) is 20.8 Å². The first-order valence-corrected chi connectivity index (χ1v) is 13.0. The predicted octanol–water partition coefficient (Wildman–Crippen LogP) is 4.92. The average molecular weight is 446 g/mol. The molecule has 0 aromatic heterocycles. The number of carbonyl (C=O) groups is 3. The van der Waals surface area contributed by atoms with E-state index < -0.39 is 5.97 Å². The number of rotatable bonds is 6. The minimum absolute atomic E-state index is 0.0403. The Morgan fingerprint density at radius 1 is 1.06 bits per heavy atom. The van der Waals surface area contributed by atoms with Crippen LogP contribution in [0.1, 0.15) is 91.4 Å². The van der Waals surface area contributed by atoms with Gasteiger partial charge in [0.25, 0.3) is 0 Å². The van der Waals surface area contributed by atoms with Crippen molar-refractivity contribution in [1.29, 1.82) is 0 Å². The van der Waals surface area contributed by atoms with E-state index in [1.165, 1.54) is 45.6 Å². The van der Waals surface area contributed by atoms with Crippen LogP contribution in [-0.4, -0.2) is 31.3 Å². The van der Waals surface area contributed by atoms with E-state index >= 15 is 0 Å². The Labute approximate surface area is 193 Å². The molecule has 0 spiro atoms. The lowest BCUT2D eigenvalue weighted by Crippen LogP contribution is -2.53. The Morgan fingerprint density at radius 3 is 2.56 bits per heavy atom. The number of esters is 1. The summed E-state index contributed by atoms with van der Waals surface area (Å²) in [5.41, 5.74) is 0.760. The number of hydrogen-bond acceptors (Lipinski definition) is 4. The summed E-state index contributed by atoms with van der Waals surface area (Å²) in [6.07, 6.45) is 11.9. The summed E-state index contributed by atoms with van der Waals surface area (Å²) >= 11 is 0. The second-order valence-electron chi connectivity index (χ2n) is 12.0. The van der Waals surface area contributed by atoms with Gasteiger partial charge in [-0.05, 0) is 97.7 Å². The van der Waals surface area contributed by atoms with Crippen LogP contribution in [0.5, 0.6) is 0 Å². The fourth-order valence-corrected chi connectivity index (χ4v) is 8.91. The molecule has 0 radical (unpaired) electrons. The normalized spacial score (nSPS) is 41.8. The number of amides is 1. The predicted molar refractivity (Wildman–Crippen MR) is 124 cm³/mol. The Kier molecular flexibility index (Phi) is 6.76. The first-order chi connectivity index (χ1) is 15.2. The Hall–Kier alpha value is -1.39. The molecule has 0 unspecified atom stereocenters. The van der Waals surface area contributed by atoms with Gasteiger partial charge in [0.15, 0.2) is 0 Å². The van der Waals surface area contributed by atoms with Gasteiger partial charge in [0.1, 0.15) is 12.3 Å². The van der Waals surface area contributed by atoms with Crippen molar-refractivity contribution >= 4 is 17.7 Å². The van der Waals surface area contributed by atoms with E-state index in [9.17, 15) is 14.4 Å². The lowest BCUT2D eigenvalue weighted by molar-refractivity contribution is -0.141. The summed E-state index contributed by atoms with van der Waals surface area (Å²) in [4.78, 5) is 35.6. The van der Waals surface area contributed by atoms with Crippen molar-refractivity contribution in [3.8, 4) is 0 Å². The van der Waals surface area contributed by atoms with Gasteiger partial charge in [0, 0.05) is 19.3 Å². The first-order valence-electron chi connectivity index (χ1n) is 13.0. The number of methoxy groups -OCH3 is 1. The summed E-state index contributed by atoms with van der Waals surface area (Å²) in [6.45, 7) is 7.37. The largest absolute Gasteiger partial charge is 0.468 e. The van der Waals surface area contributed by atoms with E-state index in [0.717, 1.165) is 43.4 Å². The number of ketones is 1. The van der Waals surface area contributed by atoms with Crippen molar-refractivity contribution in [2.45, 2.75) is 91.4 Å². The fourth-order valence-electron chi connectivity index (χ4n) is 8.91. The van der Waals surface area contributed by atoms with Crippen LogP contribution in [0.3, 0.4) is 0 Å². The van der Waals surface area contributed by atoms with E-state index in [-0.39, 0.29) is 12.5 Å². The van der Waals surface area contributed by atoms with Gasteiger partial charge in [-0.2, -0.15) is 0 Å². The molecule has 180 valence electrons. The quantitative estimate of drug-likeness (QED) is 0.589. The molecule has 0 bridgehead atoms. The van der Waals surface area contributed by atoms with Gasteiger partial charge in [0.2, 0.25) is 5.91 Å². The summed E-state index contributed by atoms with van der Waals surface area (Å²) in [6, 6.07) is 0. The minimum Gasteiger partial charge on any atom is -0.468 e. The van der Waals surface area contributed by atoms with E-state index in [1.807, 2.05) is 0 Å². The van der Waals surface area contributed by atoms with E-state index in [4.69, 9.17) is 0 Å². The van der Waals surface area contributed by atoms with Crippen LogP contribution in [0.25, 0.3) is 0 Å². The minimum atomic E-state index is -0.403. The Balaban J connectivity index is 1.38. The molecule has 0 aromatic carbocycles. The molecule has 5 heteroatoms. The van der Waals surface area contributed by atoms with Gasteiger partial charge in [-0.25, -0.2) is 0 Å². The summed E-state index contributed by atoms with van der Waals surface area (Å²) in [7, 11) is 1.34. The number of fused-ring (bicyclic) bond motifs is 5. The van der Waals surface area contributed by atoms with Crippen molar-refractivity contribution in [2.75, 3.05) is 13.7 Å². The smallest absolute Gasteiger partial charge is 0.325 e. The highest BCUT2D eigenvalue weighted by Crippen LogP contribution is 2.68. The number of ether oxygens (including phenoxy) is 1. The first kappa shape index (κ1) is 23.8. The molecule has 8 atom stereocenters. The Bertz CT molecular complexity index is 750. The SMILES string of the molecule is COC(=O)CNC(=O)CC[C@@H](C)[C@H]1CC[C@H]2[C@@H]3CC[C@@H]4CC(=O)CC[C@]4(C)[C@H]3CC[C@]12C. The average Bonchev–Trinajstić information content (AvgIpc) is 3.13. The second kappa shape index (κ2) is 9.10. The lowest BCUT2D eigenvalue weighted by Gasteiger charge is -2.60. The molecule has 1 N–H and O–H groups in total. The third kappa shape index (κ3) is 4.14. The van der Waals surface area contributed by atoms with Crippen LogP contribution < -0.4 is 5.32 Å². The van der Waals surface area contributed by atoms with Gasteiger partial charge >= 0.3 is 5.97 Å². The van der Waals surface area contributed by atoms with Crippen LogP contribution in [-0.2, 0) is 19.1 Å². The lowest BCUT2D eigenvalue weighted by atomic mass is 9.44. The second-order valence-corrected chi connectivity index (χ2v) is 12.0. The molecular weight excluding hydrogens is 402 g/mol. The molecule has 4 aliphatic rings. The van der Waals surface area contributed by atoms with Crippen molar-refractivity contribution < 1.29 is 19.1 Å². The summed E-state index contributed by atoms with van der Waals surface area (Å²) < 4.78 is 4.60. The molecule has 5 nitrogen and oxygen atoms in total. The maximum atomic E-state index is 12.2. The number of nitrogens with one attached hydrogen (secondary N) is 1. The third-order valence-corrected chi connectivity index (χ3v) is 10.7. The van der Waals surface area contributed by atoms with Crippen molar-refractivity contribution in [3.63, 3.8) is 0 Å². The highest BCUT2D eigenvalue weighted by molar-refractivity contribution is 5.81. The van der Waals surface area contributed by atoms with E-state index in [1.54, 1.807) is 0 Å². The van der Waals surface area contributed by atoms with Crippen molar-refractivity contribution in [3.05, 3.63) is 0 Å².